The van der Waals surface area contributed by atoms with E-state index in [9.17, 15) is 24.5 Å². The largest absolute Gasteiger partial charge is 0.459 e. The number of amides is 2. The lowest BCUT2D eigenvalue weighted by atomic mass is 10.0. The number of piperidine rings is 1. The van der Waals surface area contributed by atoms with Gasteiger partial charge in [-0.25, -0.2) is 4.79 Å². The summed E-state index contributed by atoms with van der Waals surface area (Å²) in [7, 11) is 0. The Labute approximate surface area is 188 Å². The number of hydrogen-bond donors (Lipinski definition) is 1. The van der Waals surface area contributed by atoms with Crippen molar-refractivity contribution in [3.63, 3.8) is 0 Å². The van der Waals surface area contributed by atoms with Crippen molar-refractivity contribution < 1.29 is 23.3 Å². The normalized spacial score (nSPS) is 14.5. The van der Waals surface area contributed by atoms with Gasteiger partial charge in [0.15, 0.2) is 11.3 Å². The number of nitro benzene ring substituents is 1. The van der Waals surface area contributed by atoms with Crippen molar-refractivity contribution in [3.05, 3.63) is 62.5 Å². The van der Waals surface area contributed by atoms with E-state index < -0.39 is 10.7 Å². The van der Waals surface area contributed by atoms with Gasteiger partial charge >= 0.3 is 5.76 Å². The summed E-state index contributed by atoms with van der Waals surface area (Å²) in [6.07, 6.45) is 3.48. The molecule has 0 bridgehead atoms. The van der Waals surface area contributed by atoms with E-state index in [4.69, 9.17) is 8.83 Å². The van der Waals surface area contributed by atoms with E-state index in [1.165, 1.54) is 29.0 Å². The number of nitrogens with zero attached hydrogens (tertiary/aromatic N) is 3. The van der Waals surface area contributed by atoms with Crippen molar-refractivity contribution in [1.29, 1.82) is 0 Å². The van der Waals surface area contributed by atoms with Crippen LogP contribution in [0, 0.1) is 17.0 Å². The molecule has 2 amide bonds. The Bertz CT molecular complexity index is 1250. The Hall–Kier alpha value is -3.89. The van der Waals surface area contributed by atoms with E-state index in [1.54, 1.807) is 11.0 Å². The lowest BCUT2D eigenvalue weighted by molar-refractivity contribution is -0.384. The number of fused-ring (bicyclic) bond motifs is 1. The SMILES string of the molecule is Cc1ccoc1C(=O)NC1CCN(C(=O)CCCn2c(=O)oc3cc([N+](=O)[O-])ccc32)CC1. The minimum atomic E-state index is -0.610. The Morgan fingerprint density at radius 3 is 2.67 bits per heavy atom. The predicted molar refractivity (Wildman–Crippen MR) is 117 cm³/mol. The highest BCUT2D eigenvalue weighted by atomic mass is 16.6. The van der Waals surface area contributed by atoms with Gasteiger partial charge in [-0.05, 0) is 38.3 Å². The van der Waals surface area contributed by atoms with Gasteiger partial charge in [-0.1, -0.05) is 0 Å². The number of oxazole rings is 1. The van der Waals surface area contributed by atoms with Gasteiger partial charge in [0.2, 0.25) is 5.91 Å². The van der Waals surface area contributed by atoms with Crippen LogP contribution in [0.15, 0.2) is 44.2 Å². The van der Waals surface area contributed by atoms with E-state index >= 15 is 0 Å². The zero-order valence-corrected chi connectivity index (χ0v) is 18.1. The molecule has 0 spiro atoms. The first-order valence-corrected chi connectivity index (χ1v) is 10.7. The summed E-state index contributed by atoms with van der Waals surface area (Å²) in [5.74, 6) is -0.560. The number of likely N-dealkylation sites (tertiary alicyclic amines) is 1. The minimum absolute atomic E-state index is 0.0156. The highest BCUT2D eigenvalue weighted by Crippen LogP contribution is 2.21. The molecule has 2 aromatic heterocycles. The average molecular weight is 456 g/mol. The van der Waals surface area contributed by atoms with E-state index in [0.29, 0.717) is 43.6 Å². The van der Waals surface area contributed by atoms with Gasteiger partial charge in [-0.2, -0.15) is 0 Å². The molecule has 4 rings (SSSR count). The lowest BCUT2D eigenvalue weighted by Gasteiger charge is -2.32. The number of aromatic nitrogens is 1. The van der Waals surface area contributed by atoms with E-state index in [0.717, 1.165) is 5.56 Å². The molecule has 3 aromatic rings. The van der Waals surface area contributed by atoms with Gasteiger partial charge in [0.1, 0.15) is 0 Å². The highest BCUT2D eigenvalue weighted by Gasteiger charge is 2.25. The van der Waals surface area contributed by atoms with E-state index in [-0.39, 0.29) is 42.1 Å². The number of nitrogens with one attached hydrogen (secondary N) is 1. The second-order valence-electron chi connectivity index (χ2n) is 8.09. The van der Waals surface area contributed by atoms with Crippen molar-refractivity contribution in [2.75, 3.05) is 13.1 Å². The molecule has 11 heteroatoms. The molecule has 0 unspecified atom stereocenters. The Kier molecular flexibility index (Phi) is 6.29. The van der Waals surface area contributed by atoms with Crippen molar-refractivity contribution in [1.82, 2.24) is 14.8 Å². The fraction of sp³-hybridized carbons (Fsp3) is 0.409. The third kappa shape index (κ3) is 4.81. The molecule has 0 saturated carbocycles. The van der Waals surface area contributed by atoms with Gasteiger partial charge in [-0.3, -0.25) is 24.3 Å². The Morgan fingerprint density at radius 2 is 2.00 bits per heavy atom. The molecular weight excluding hydrogens is 432 g/mol. The topological polar surface area (TPSA) is 141 Å². The molecule has 1 aliphatic heterocycles. The van der Waals surface area contributed by atoms with Crippen LogP contribution < -0.4 is 11.1 Å². The maximum absolute atomic E-state index is 12.6. The molecule has 0 atom stereocenters. The fourth-order valence-corrected chi connectivity index (χ4v) is 4.06. The fourth-order valence-electron chi connectivity index (χ4n) is 4.06. The molecule has 0 radical (unpaired) electrons. The maximum Gasteiger partial charge on any atom is 0.419 e. The second-order valence-corrected chi connectivity index (χ2v) is 8.09. The predicted octanol–water partition coefficient (Wildman–Crippen LogP) is 2.61. The van der Waals surface area contributed by atoms with Crippen LogP contribution in [0.2, 0.25) is 0 Å². The quantitative estimate of drug-likeness (QED) is 0.425. The van der Waals surface area contributed by atoms with Gasteiger partial charge < -0.3 is 19.1 Å². The molecule has 3 heterocycles. The van der Waals surface area contributed by atoms with Crippen LogP contribution >= 0.6 is 0 Å². The minimum Gasteiger partial charge on any atom is -0.459 e. The van der Waals surface area contributed by atoms with Crippen LogP contribution in [0.3, 0.4) is 0 Å². The molecular formula is C22H24N4O7. The average Bonchev–Trinajstić information content (AvgIpc) is 3.36. The summed E-state index contributed by atoms with van der Waals surface area (Å²) in [6.45, 7) is 3.16. The number of carbonyl (C=O) groups is 2. The standard InChI is InChI=1S/C22H24N4O7/c1-14-8-12-32-20(14)21(28)23-15-6-10-24(11-7-15)19(27)3-2-9-25-17-5-4-16(26(30)31)13-18(17)33-22(25)29/h4-5,8,12-13,15H,2-3,6-7,9-11H2,1H3,(H,23,28). The first-order chi connectivity index (χ1) is 15.8. The molecule has 1 aliphatic rings. The third-order valence-corrected chi connectivity index (χ3v) is 5.89. The first kappa shape index (κ1) is 22.3. The number of benzene rings is 1. The summed E-state index contributed by atoms with van der Waals surface area (Å²) in [5.41, 5.74) is 1.23. The molecule has 1 aromatic carbocycles. The van der Waals surface area contributed by atoms with Crippen molar-refractivity contribution >= 4 is 28.6 Å². The van der Waals surface area contributed by atoms with Crippen LogP contribution in [0.1, 0.15) is 41.8 Å². The van der Waals surface area contributed by atoms with Crippen LogP contribution in [-0.4, -0.2) is 45.3 Å². The lowest BCUT2D eigenvalue weighted by Crippen LogP contribution is -2.46. The van der Waals surface area contributed by atoms with Gasteiger partial charge in [0.05, 0.1) is 22.8 Å². The smallest absolute Gasteiger partial charge is 0.419 e. The first-order valence-electron chi connectivity index (χ1n) is 10.7. The number of non-ortho nitro benzene ring substituents is 1. The van der Waals surface area contributed by atoms with Crippen molar-refractivity contribution in [2.45, 2.75) is 45.2 Å². The van der Waals surface area contributed by atoms with Crippen LogP contribution in [-0.2, 0) is 11.3 Å². The molecule has 33 heavy (non-hydrogen) atoms. The number of nitro groups is 1. The van der Waals surface area contributed by atoms with Crippen molar-refractivity contribution in [2.24, 2.45) is 0 Å². The van der Waals surface area contributed by atoms with Crippen LogP contribution in [0.25, 0.3) is 11.1 Å². The van der Waals surface area contributed by atoms with Gasteiger partial charge in [0.25, 0.3) is 11.6 Å². The Balaban J connectivity index is 1.26. The zero-order valence-electron chi connectivity index (χ0n) is 18.1. The van der Waals surface area contributed by atoms with E-state index in [1.807, 2.05) is 6.92 Å². The number of hydrogen-bond acceptors (Lipinski definition) is 7. The van der Waals surface area contributed by atoms with Crippen molar-refractivity contribution in [3.8, 4) is 0 Å². The molecule has 0 aliphatic carbocycles. The van der Waals surface area contributed by atoms with Crippen LogP contribution in [0.5, 0.6) is 0 Å². The number of rotatable bonds is 7. The van der Waals surface area contributed by atoms with Gasteiger partial charge in [-0.15, -0.1) is 0 Å². The maximum atomic E-state index is 12.6. The summed E-state index contributed by atoms with van der Waals surface area (Å²) >= 11 is 0. The number of carbonyl (C=O) groups excluding carboxylic acids is 2. The molecule has 1 N–H and O–H groups in total. The Morgan fingerprint density at radius 1 is 1.24 bits per heavy atom. The molecule has 174 valence electrons. The second kappa shape index (κ2) is 9.31. The zero-order chi connectivity index (χ0) is 23.5. The molecule has 1 saturated heterocycles. The summed E-state index contributed by atoms with van der Waals surface area (Å²) in [4.78, 5) is 49.1. The summed E-state index contributed by atoms with van der Waals surface area (Å²) in [6, 6.07) is 5.72. The molecule has 11 nitrogen and oxygen atoms in total. The number of furan rings is 1. The summed E-state index contributed by atoms with van der Waals surface area (Å²) < 4.78 is 11.7. The molecule has 1 fully saturated rings. The summed E-state index contributed by atoms with van der Waals surface area (Å²) in [5, 5.41) is 13.8. The van der Waals surface area contributed by atoms with Gasteiger partial charge in [0, 0.05) is 43.7 Å². The third-order valence-electron chi connectivity index (χ3n) is 5.89. The van der Waals surface area contributed by atoms with E-state index in [2.05, 4.69) is 5.32 Å². The van der Waals surface area contributed by atoms with Crippen LogP contribution in [0.4, 0.5) is 5.69 Å². The highest BCUT2D eigenvalue weighted by molar-refractivity contribution is 5.93. The monoisotopic (exact) mass is 456 g/mol. The number of aryl methyl sites for hydroxylation is 2.